The summed E-state index contributed by atoms with van der Waals surface area (Å²) in [5.74, 6) is -0.165. The number of nitrogens with zero attached hydrogens (tertiary/aromatic N) is 1. The lowest BCUT2D eigenvalue weighted by atomic mass is 10.2. The minimum absolute atomic E-state index is 0.165. The van der Waals surface area contributed by atoms with Crippen molar-refractivity contribution in [1.82, 2.24) is 0 Å². The van der Waals surface area contributed by atoms with Crippen molar-refractivity contribution in [3.63, 3.8) is 0 Å². The fourth-order valence-electron chi connectivity index (χ4n) is 2.41. The maximum atomic E-state index is 12.2. The van der Waals surface area contributed by atoms with Gasteiger partial charge in [-0.2, -0.15) is 0 Å². The lowest BCUT2D eigenvalue weighted by Gasteiger charge is -2.28. The lowest BCUT2D eigenvalue weighted by molar-refractivity contribution is 0.102. The first-order valence-corrected chi connectivity index (χ1v) is 7.60. The van der Waals surface area contributed by atoms with Crippen LogP contribution in [0.1, 0.15) is 10.4 Å². The third-order valence-electron chi connectivity index (χ3n) is 3.59. The van der Waals surface area contributed by atoms with Gasteiger partial charge in [-0.05, 0) is 42.5 Å². The van der Waals surface area contributed by atoms with Crippen LogP contribution in [0.4, 0.5) is 11.4 Å². The molecule has 0 saturated carbocycles. The molecule has 0 aromatic heterocycles. The van der Waals surface area contributed by atoms with E-state index in [0.717, 1.165) is 37.7 Å². The first-order valence-electron chi connectivity index (χ1n) is 7.22. The molecule has 1 N–H and O–H groups in total. The highest BCUT2D eigenvalue weighted by atomic mass is 35.5. The van der Waals surface area contributed by atoms with Crippen LogP contribution >= 0.6 is 11.6 Å². The van der Waals surface area contributed by atoms with Crippen LogP contribution in [0, 0.1) is 0 Å². The molecule has 1 heterocycles. The number of hydrogen-bond donors (Lipinski definition) is 1. The Kier molecular flexibility index (Phi) is 4.61. The zero-order valence-corrected chi connectivity index (χ0v) is 12.8. The van der Waals surface area contributed by atoms with E-state index in [9.17, 15) is 4.79 Å². The molecule has 3 rings (SSSR count). The minimum atomic E-state index is -0.165. The third kappa shape index (κ3) is 3.59. The standard InChI is InChI=1S/C17H17ClN2O2/c18-14-3-1-2-13(12-14)17(21)19-15-4-6-16(7-5-15)20-8-10-22-11-9-20/h1-7,12H,8-11H2,(H,19,21). The number of amides is 1. The van der Waals surface area contributed by atoms with Crippen molar-refractivity contribution < 1.29 is 9.53 Å². The Hall–Kier alpha value is -2.04. The fourth-order valence-corrected chi connectivity index (χ4v) is 2.60. The van der Waals surface area contributed by atoms with E-state index in [1.54, 1.807) is 24.3 Å². The van der Waals surface area contributed by atoms with E-state index in [4.69, 9.17) is 16.3 Å². The number of halogens is 1. The second-order valence-electron chi connectivity index (χ2n) is 5.11. The predicted octanol–water partition coefficient (Wildman–Crippen LogP) is 3.43. The smallest absolute Gasteiger partial charge is 0.255 e. The summed E-state index contributed by atoms with van der Waals surface area (Å²) in [5, 5.41) is 3.43. The fraction of sp³-hybridized carbons (Fsp3) is 0.235. The largest absolute Gasteiger partial charge is 0.378 e. The number of anilines is 2. The van der Waals surface area contributed by atoms with E-state index in [0.29, 0.717) is 10.6 Å². The number of ether oxygens (including phenoxy) is 1. The number of rotatable bonds is 3. The van der Waals surface area contributed by atoms with Crippen molar-refractivity contribution in [1.29, 1.82) is 0 Å². The van der Waals surface area contributed by atoms with Gasteiger partial charge in [0, 0.05) is 35.1 Å². The van der Waals surface area contributed by atoms with Gasteiger partial charge in [0.1, 0.15) is 0 Å². The summed E-state index contributed by atoms with van der Waals surface area (Å²) >= 11 is 5.90. The number of morpholine rings is 1. The van der Waals surface area contributed by atoms with E-state index >= 15 is 0 Å². The average molecular weight is 317 g/mol. The van der Waals surface area contributed by atoms with E-state index in [2.05, 4.69) is 10.2 Å². The van der Waals surface area contributed by atoms with Crippen LogP contribution < -0.4 is 10.2 Å². The minimum Gasteiger partial charge on any atom is -0.378 e. The van der Waals surface area contributed by atoms with E-state index in [-0.39, 0.29) is 5.91 Å². The van der Waals surface area contributed by atoms with Crippen molar-refractivity contribution in [2.24, 2.45) is 0 Å². The van der Waals surface area contributed by atoms with Crippen LogP contribution in [0.2, 0.25) is 5.02 Å². The van der Waals surface area contributed by atoms with Gasteiger partial charge in [-0.3, -0.25) is 4.79 Å². The monoisotopic (exact) mass is 316 g/mol. The van der Waals surface area contributed by atoms with Gasteiger partial charge in [-0.15, -0.1) is 0 Å². The topological polar surface area (TPSA) is 41.6 Å². The Bertz CT molecular complexity index is 652. The molecule has 0 radical (unpaired) electrons. The third-order valence-corrected chi connectivity index (χ3v) is 3.82. The molecular weight excluding hydrogens is 300 g/mol. The summed E-state index contributed by atoms with van der Waals surface area (Å²) in [7, 11) is 0. The summed E-state index contributed by atoms with van der Waals surface area (Å²) in [5.41, 5.74) is 2.45. The van der Waals surface area contributed by atoms with Gasteiger partial charge in [0.2, 0.25) is 0 Å². The van der Waals surface area contributed by atoms with Crippen LogP contribution in [0.15, 0.2) is 48.5 Å². The normalized spacial score (nSPS) is 14.7. The molecule has 0 spiro atoms. The average Bonchev–Trinajstić information content (AvgIpc) is 2.56. The number of carbonyl (C=O) groups excluding carboxylic acids is 1. The molecule has 4 nitrogen and oxygen atoms in total. The Morgan fingerprint density at radius 2 is 1.82 bits per heavy atom. The molecule has 0 unspecified atom stereocenters. The molecule has 2 aromatic rings. The molecule has 22 heavy (non-hydrogen) atoms. The Morgan fingerprint density at radius 1 is 1.09 bits per heavy atom. The first kappa shape index (κ1) is 14.9. The molecule has 1 fully saturated rings. The molecule has 2 aromatic carbocycles. The molecule has 0 aliphatic carbocycles. The van der Waals surface area contributed by atoms with E-state index in [1.165, 1.54) is 0 Å². The van der Waals surface area contributed by atoms with Crippen LogP contribution in [0.25, 0.3) is 0 Å². The zero-order chi connectivity index (χ0) is 15.4. The van der Waals surface area contributed by atoms with Crippen LogP contribution in [-0.2, 0) is 4.74 Å². The highest BCUT2D eigenvalue weighted by Crippen LogP contribution is 2.20. The van der Waals surface area contributed by atoms with E-state index in [1.807, 2.05) is 24.3 Å². The Balaban J connectivity index is 1.66. The Morgan fingerprint density at radius 3 is 2.50 bits per heavy atom. The van der Waals surface area contributed by atoms with Crippen LogP contribution in [0.5, 0.6) is 0 Å². The van der Waals surface area contributed by atoms with Gasteiger partial charge in [-0.25, -0.2) is 0 Å². The van der Waals surface area contributed by atoms with E-state index < -0.39 is 0 Å². The van der Waals surface area contributed by atoms with Crippen molar-refractivity contribution in [2.75, 3.05) is 36.5 Å². The first-order chi connectivity index (χ1) is 10.7. The van der Waals surface area contributed by atoms with Gasteiger partial charge in [-0.1, -0.05) is 17.7 Å². The molecular formula is C17H17ClN2O2. The second-order valence-corrected chi connectivity index (χ2v) is 5.55. The molecule has 0 atom stereocenters. The Labute approximate surface area is 134 Å². The summed E-state index contributed by atoms with van der Waals surface area (Å²) in [4.78, 5) is 14.4. The molecule has 5 heteroatoms. The van der Waals surface area contributed by atoms with Crippen LogP contribution in [0.3, 0.4) is 0 Å². The van der Waals surface area contributed by atoms with Crippen molar-refractivity contribution >= 4 is 28.9 Å². The number of nitrogens with one attached hydrogen (secondary N) is 1. The van der Waals surface area contributed by atoms with Crippen molar-refractivity contribution in [3.05, 3.63) is 59.1 Å². The number of hydrogen-bond acceptors (Lipinski definition) is 3. The summed E-state index contributed by atoms with van der Waals surface area (Å²) in [6.07, 6.45) is 0. The summed E-state index contributed by atoms with van der Waals surface area (Å²) in [6, 6.07) is 14.7. The summed E-state index contributed by atoms with van der Waals surface area (Å²) in [6.45, 7) is 3.31. The quantitative estimate of drug-likeness (QED) is 0.943. The maximum Gasteiger partial charge on any atom is 0.255 e. The van der Waals surface area contributed by atoms with Crippen LogP contribution in [-0.4, -0.2) is 32.2 Å². The summed E-state index contributed by atoms with van der Waals surface area (Å²) < 4.78 is 5.35. The number of benzene rings is 2. The number of carbonyl (C=O) groups is 1. The van der Waals surface area contributed by atoms with Gasteiger partial charge in [0.15, 0.2) is 0 Å². The predicted molar refractivity (Wildman–Crippen MR) is 88.9 cm³/mol. The lowest BCUT2D eigenvalue weighted by Crippen LogP contribution is -2.36. The molecule has 1 aliphatic rings. The zero-order valence-electron chi connectivity index (χ0n) is 12.1. The van der Waals surface area contributed by atoms with Gasteiger partial charge in [0.25, 0.3) is 5.91 Å². The molecule has 114 valence electrons. The van der Waals surface area contributed by atoms with Gasteiger partial charge in [0.05, 0.1) is 13.2 Å². The highest BCUT2D eigenvalue weighted by Gasteiger charge is 2.11. The van der Waals surface area contributed by atoms with Gasteiger partial charge < -0.3 is 15.0 Å². The molecule has 1 saturated heterocycles. The molecule has 1 amide bonds. The van der Waals surface area contributed by atoms with Gasteiger partial charge >= 0.3 is 0 Å². The maximum absolute atomic E-state index is 12.2. The second kappa shape index (κ2) is 6.81. The van der Waals surface area contributed by atoms with Crippen molar-refractivity contribution in [3.8, 4) is 0 Å². The molecule has 1 aliphatic heterocycles. The molecule has 0 bridgehead atoms. The highest BCUT2D eigenvalue weighted by molar-refractivity contribution is 6.31. The van der Waals surface area contributed by atoms with Crippen molar-refractivity contribution in [2.45, 2.75) is 0 Å². The SMILES string of the molecule is O=C(Nc1ccc(N2CCOCC2)cc1)c1cccc(Cl)c1.